The predicted octanol–water partition coefficient (Wildman–Crippen LogP) is 2.56. The second-order valence-electron chi connectivity index (χ2n) is 4.85. The topological polar surface area (TPSA) is 49.3 Å². The zero-order chi connectivity index (χ0) is 13.0. The summed E-state index contributed by atoms with van der Waals surface area (Å²) in [7, 11) is 0. The zero-order valence-electron chi connectivity index (χ0n) is 10.2. The van der Waals surface area contributed by atoms with Gasteiger partial charge in [0.2, 0.25) is 0 Å². The minimum absolute atomic E-state index is 0.000447. The average Bonchev–Trinajstić information content (AvgIpc) is 2.37. The molecule has 1 fully saturated rings. The third-order valence-corrected chi connectivity index (χ3v) is 3.54. The molecule has 2 atom stereocenters. The molecule has 0 radical (unpaired) electrons. The Labute approximate surface area is 106 Å². The van der Waals surface area contributed by atoms with Crippen LogP contribution in [0, 0.1) is 11.7 Å². The van der Waals surface area contributed by atoms with Gasteiger partial charge in [-0.2, -0.15) is 0 Å². The van der Waals surface area contributed by atoms with Crippen molar-refractivity contribution in [2.45, 2.75) is 38.3 Å². The molecule has 0 aromatic heterocycles. The van der Waals surface area contributed by atoms with Crippen LogP contribution in [0.25, 0.3) is 0 Å². The fourth-order valence-electron chi connectivity index (χ4n) is 2.57. The summed E-state index contributed by atoms with van der Waals surface area (Å²) in [6.07, 6.45) is 3.65. The lowest BCUT2D eigenvalue weighted by molar-refractivity contribution is -0.143. The number of carboxylic acids is 1. The number of aliphatic carboxylic acids is 1. The lowest BCUT2D eigenvalue weighted by Gasteiger charge is -2.29. The third-order valence-electron chi connectivity index (χ3n) is 3.54. The van der Waals surface area contributed by atoms with Gasteiger partial charge >= 0.3 is 5.97 Å². The molecule has 0 spiro atoms. The predicted molar refractivity (Wildman–Crippen MR) is 66.6 cm³/mol. The standard InChI is InChI=1S/C14H18FNO2/c15-11-5-3-4-10(8-11)9-16-13-7-2-1-6-12(13)14(17)18/h3-5,8,12-13,16H,1-2,6-7,9H2,(H,17,18)/t12-,13+/m0/s1. The van der Waals surface area contributed by atoms with Gasteiger partial charge in [-0.05, 0) is 30.5 Å². The first kappa shape index (κ1) is 13.0. The van der Waals surface area contributed by atoms with Gasteiger partial charge in [0.25, 0.3) is 0 Å². The van der Waals surface area contributed by atoms with Crippen LogP contribution in [-0.2, 0) is 11.3 Å². The second kappa shape index (κ2) is 5.96. The number of nitrogens with one attached hydrogen (secondary N) is 1. The van der Waals surface area contributed by atoms with Gasteiger partial charge in [-0.15, -0.1) is 0 Å². The number of hydrogen-bond donors (Lipinski definition) is 2. The highest BCUT2D eigenvalue weighted by Crippen LogP contribution is 2.25. The Balaban J connectivity index is 1.93. The molecule has 0 saturated heterocycles. The largest absolute Gasteiger partial charge is 0.481 e. The highest BCUT2D eigenvalue weighted by Gasteiger charge is 2.30. The van der Waals surface area contributed by atoms with E-state index in [1.165, 1.54) is 12.1 Å². The Bertz CT molecular complexity index is 422. The van der Waals surface area contributed by atoms with Crippen molar-refractivity contribution in [3.63, 3.8) is 0 Å². The van der Waals surface area contributed by atoms with Gasteiger partial charge in [0.15, 0.2) is 0 Å². The van der Waals surface area contributed by atoms with Gasteiger partial charge in [0.1, 0.15) is 5.82 Å². The molecule has 18 heavy (non-hydrogen) atoms. The first-order valence-corrected chi connectivity index (χ1v) is 6.37. The van der Waals surface area contributed by atoms with Gasteiger partial charge in [-0.25, -0.2) is 4.39 Å². The summed E-state index contributed by atoms with van der Waals surface area (Å²) in [5, 5.41) is 12.4. The molecule has 1 aliphatic rings. The number of carboxylic acid groups (broad SMARTS) is 1. The van der Waals surface area contributed by atoms with Crippen LogP contribution < -0.4 is 5.32 Å². The minimum Gasteiger partial charge on any atom is -0.481 e. The van der Waals surface area contributed by atoms with Gasteiger partial charge in [-0.3, -0.25) is 4.79 Å². The van der Waals surface area contributed by atoms with Crippen LogP contribution in [0.2, 0.25) is 0 Å². The molecule has 0 aliphatic heterocycles. The summed E-state index contributed by atoms with van der Waals surface area (Å²) in [4.78, 5) is 11.1. The monoisotopic (exact) mass is 251 g/mol. The van der Waals surface area contributed by atoms with Crippen molar-refractivity contribution in [2.75, 3.05) is 0 Å². The van der Waals surface area contributed by atoms with E-state index in [0.29, 0.717) is 6.54 Å². The molecule has 0 unspecified atom stereocenters. The lowest BCUT2D eigenvalue weighted by Crippen LogP contribution is -2.41. The van der Waals surface area contributed by atoms with Gasteiger partial charge < -0.3 is 10.4 Å². The molecule has 1 aromatic rings. The van der Waals surface area contributed by atoms with E-state index in [1.54, 1.807) is 6.07 Å². The van der Waals surface area contributed by atoms with Crippen molar-refractivity contribution in [1.82, 2.24) is 5.32 Å². The summed E-state index contributed by atoms with van der Waals surface area (Å²) in [6, 6.07) is 6.39. The smallest absolute Gasteiger partial charge is 0.308 e. The van der Waals surface area contributed by atoms with E-state index in [-0.39, 0.29) is 17.8 Å². The molecule has 0 amide bonds. The SMILES string of the molecule is O=C(O)[C@H]1CCCC[C@H]1NCc1cccc(F)c1. The first-order chi connectivity index (χ1) is 8.66. The fraction of sp³-hybridized carbons (Fsp3) is 0.500. The highest BCUT2D eigenvalue weighted by atomic mass is 19.1. The molecule has 0 bridgehead atoms. The maximum Gasteiger partial charge on any atom is 0.308 e. The molecule has 98 valence electrons. The Morgan fingerprint density at radius 1 is 1.39 bits per heavy atom. The van der Waals surface area contributed by atoms with Crippen LogP contribution in [-0.4, -0.2) is 17.1 Å². The summed E-state index contributed by atoms with van der Waals surface area (Å²) >= 11 is 0. The maximum absolute atomic E-state index is 13.0. The van der Waals surface area contributed by atoms with Crippen molar-refractivity contribution >= 4 is 5.97 Å². The molecule has 0 heterocycles. The fourth-order valence-corrected chi connectivity index (χ4v) is 2.57. The van der Waals surface area contributed by atoms with Gasteiger partial charge in [0, 0.05) is 12.6 Å². The molecule has 2 rings (SSSR count). The zero-order valence-corrected chi connectivity index (χ0v) is 10.2. The average molecular weight is 251 g/mol. The Morgan fingerprint density at radius 3 is 2.89 bits per heavy atom. The summed E-state index contributed by atoms with van der Waals surface area (Å²) in [5.41, 5.74) is 0.852. The van der Waals surface area contributed by atoms with Crippen molar-refractivity contribution in [1.29, 1.82) is 0 Å². The van der Waals surface area contributed by atoms with Crippen molar-refractivity contribution in [3.05, 3.63) is 35.6 Å². The van der Waals surface area contributed by atoms with Crippen LogP contribution in [0.1, 0.15) is 31.2 Å². The molecule has 1 saturated carbocycles. The van der Waals surface area contributed by atoms with Crippen molar-refractivity contribution in [3.8, 4) is 0 Å². The maximum atomic E-state index is 13.0. The lowest BCUT2D eigenvalue weighted by atomic mass is 9.84. The van der Waals surface area contributed by atoms with Crippen LogP contribution in [0.5, 0.6) is 0 Å². The van der Waals surface area contributed by atoms with Crippen molar-refractivity contribution in [2.24, 2.45) is 5.92 Å². The molecule has 1 aromatic carbocycles. The third kappa shape index (κ3) is 3.29. The molecular weight excluding hydrogens is 233 g/mol. The number of hydrogen-bond acceptors (Lipinski definition) is 2. The minimum atomic E-state index is -0.730. The molecule has 2 N–H and O–H groups in total. The second-order valence-corrected chi connectivity index (χ2v) is 4.85. The van der Waals surface area contributed by atoms with E-state index < -0.39 is 5.97 Å². The van der Waals surface area contributed by atoms with E-state index in [9.17, 15) is 9.18 Å². The number of halogens is 1. The van der Waals surface area contributed by atoms with E-state index in [4.69, 9.17) is 5.11 Å². The van der Waals surface area contributed by atoms with Crippen LogP contribution >= 0.6 is 0 Å². The van der Waals surface area contributed by atoms with E-state index in [2.05, 4.69) is 5.32 Å². The van der Waals surface area contributed by atoms with Crippen LogP contribution in [0.3, 0.4) is 0 Å². The molecule has 3 nitrogen and oxygen atoms in total. The van der Waals surface area contributed by atoms with Gasteiger partial charge in [0.05, 0.1) is 5.92 Å². The van der Waals surface area contributed by atoms with E-state index in [0.717, 1.165) is 31.2 Å². The van der Waals surface area contributed by atoms with E-state index >= 15 is 0 Å². The Morgan fingerprint density at radius 2 is 2.17 bits per heavy atom. The van der Waals surface area contributed by atoms with Crippen LogP contribution in [0.15, 0.2) is 24.3 Å². The first-order valence-electron chi connectivity index (χ1n) is 6.37. The Hall–Kier alpha value is -1.42. The number of benzene rings is 1. The molecule has 1 aliphatic carbocycles. The number of rotatable bonds is 4. The highest BCUT2D eigenvalue weighted by molar-refractivity contribution is 5.71. The number of carbonyl (C=O) groups is 1. The molecular formula is C14H18FNO2. The molecule has 4 heteroatoms. The van der Waals surface area contributed by atoms with Gasteiger partial charge in [-0.1, -0.05) is 25.0 Å². The summed E-state index contributed by atoms with van der Waals surface area (Å²) in [6.45, 7) is 0.520. The van der Waals surface area contributed by atoms with E-state index in [1.807, 2.05) is 6.07 Å². The van der Waals surface area contributed by atoms with Crippen LogP contribution in [0.4, 0.5) is 4.39 Å². The summed E-state index contributed by atoms with van der Waals surface area (Å²) in [5.74, 6) is -1.30. The quantitative estimate of drug-likeness (QED) is 0.864. The van der Waals surface area contributed by atoms with Crippen molar-refractivity contribution < 1.29 is 14.3 Å². The summed E-state index contributed by atoms with van der Waals surface area (Å²) < 4.78 is 13.0. The normalized spacial score (nSPS) is 23.8. The Kier molecular flexibility index (Phi) is 4.31.